The second kappa shape index (κ2) is 9.72. The van der Waals surface area contributed by atoms with Crippen molar-refractivity contribution in [3.8, 4) is 0 Å². The summed E-state index contributed by atoms with van der Waals surface area (Å²) >= 11 is 5.81. The number of hydrogen-bond donors (Lipinski definition) is 2. The van der Waals surface area contributed by atoms with Crippen molar-refractivity contribution >= 4 is 34.6 Å². The van der Waals surface area contributed by atoms with E-state index in [2.05, 4.69) is 57.4 Å². The van der Waals surface area contributed by atoms with Crippen molar-refractivity contribution in [3.05, 3.63) is 77.9 Å². The van der Waals surface area contributed by atoms with Crippen LogP contribution in [0.25, 0.3) is 0 Å². The molecule has 33 heavy (non-hydrogen) atoms. The quantitative estimate of drug-likeness (QED) is 0.502. The number of pyridine rings is 1. The maximum Gasteiger partial charge on any atom is 0.250 e. The zero-order valence-corrected chi connectivity index (χ0v) is 20.1. The Kier molecular flexibility index (Phi) is 6.76. The minimum absolute atomic E-state index is 0.0159. The van der Waals surface area contributed by atoms with Gasteiger partial charge in [-0.1, -0.05) is 6.07 Å². The number of anilines is 2. The van der Waals surface area contributed by atoms with E-state index in [-0.39, 0.29) is 24.6 Å². The van der Waals surface area contributed by atoms with Crippen LogP contribution in [0.3, 0.4) is 0 Å². The molecule has 2 aromatic heterocycles. The smallest absolute Gasteiger partial charge is 0.250 e. The van der Waals surface area contributed by atoms with E-state index in [0.29, 0.717) is 11.2 Å². The van der Waals surface area contributed by atoms with Crippen LogP contribution >= 0.6 is 12.2 Å². The van der Waals surface area contributed by atoms with Crippen LogP contribution in [-0.2, 0) is 9.53 Å². The number of aromatic nitrogens is 2. The molecular formula is C25H29N5O2S. The number of carbonyl (C=O) groups is 1. The zero-order chi connectivity index (χ0) is 23.5. The molecule has 3 aromatic rings. The lowest BCUT2D eigenvalue weighted by molar-refractivity contribution is -0.119. The van der Waals surface area contributed by atoms with Crippen LogP contribution in [-0.4, -0.2) is 34.3 Å². The van der Waals surface area contributed by atoms with Crippen molar-refractivity contribution < 1.29 is 9.53 Å². The SMILES string of the molecule is COCC(=O)Nc1ccc(N2C(=S)N[C@@H](c3ccccn3)[C@H]2c2ccn(C(C)C)c2)cc1C. The van der Waals surface area contributed by atoms with Crippen molar-refractivity contribution in [2.45, 2.75) is 38.9 Å². The van der Waals surface area contributed by atoms with Gasteiger partial charge in [-0.05, 0) is 80.5 Å². The molecule has 0 radical (unpaired) electrons. The number of benzene rings is 1. The van der Waals surface area contributed by atoms with Gasteiger partial charge in [0, 0.05) is 43.1 Å². The molecule has 1 aliphatic heterocycles. The highest BCUT2D eigenvalue weighted by Crippen LogP contribution is 2.42. The molecule has 1 saturated heterocycles. The van der Waals surface area contributed by atoms with Crippen LogP contribution in [0.5, 0.6) is 0 Å². The summed E-state index contributed by atoms with van der Waals surface area (Å²) in [6.07, 6.45) is 6.09. The number of aryl methyl sites for hydroxylation is 1. The number of hydrogen-bond acceptors (Lipinski definition) is 4. The molecule has 8 heteroatoms. The average molecular weight is 464 g/mol. The molecular weight excluding hydrogens is 434 g/mol. The lowest BCUT2D eigenvalue weighted by Gasteiger charge is -2.28. The molecule has 0 saturated carbocycles. The molecule has 1 fully saturated rings. The average Bonchev–Trinajstić information content (AvgIpc) is 3.41. The number of amides is 1. The van der Waals surface area contributed by atoms with Crippen LogP contribution in [0, 0.1) is 6.92 Å². The van der Waals surface area contributed by atoms with Gasteiger partial charge in [0.25, 0.3) is 0 Å². The van der Waals surface area contributed by atoms with Crippen molar-refractivity contribution in [2.75, 3.05) is 23.9 Å². The van der Waals surface area contributed by atoms with Crippen LogP contribution in [0.15, 0.2) is 61.1 Å². The number of ether oxygens (including phenoxy) is 1. The van der Waals surface area contributed by atoms with Crippen molar-refractivity contribution in [2.24, 2.45) is 0 Å². The zero-order valence-electron chi connectivity index (χ0n) is 19.3. The van der Waals surface area contributed by atoms with Gasteiger partial charge in [0.15, 0.2) is 5.11 Å². The van der Waals surface area contributed by atoms with E-state index in [9.17, 15) is 4.79 Å². The Bertz CT molecular complexity index is 1140. The molecule has 172 valence electrons. The Labute approximate surface area is 199 Å². The lowest BCUT2D eigenvalue weighted by Crippen LogP contribution is -2.29. The minimum Gasteiger partial charge on any atom is -0.375 e. The first kappa shape index (κ1) is 22.9. The number of carbonyl (C=O) groups excluding carboxylic acids is 1. The summed E-state index contributed by atoms with van der Waals surface area (Å²) in [4.78, 5) is 18.7. The normalized spacial score (nSPS) is 18.0. The Morgan fingerprint density at radius 2 is 2.09 bits per heavy atom. The molecule has 7 nitrogen and oxygen atoms in total. The van der Waals surface area contributed by atoms with E-state index in [1.54, 1.807) is 6.20 Å². The molecule has 2 N–H and O–H groups in total. The van der Waals surface area contributed by atoms with Crippen LogP contribution < -0.4 is 15.5 Å². The standard InChI is InChI=1S/C25H29N5O2S/c1-16(2)29-12-10-18(14-29)24-23(21-7-5-6-11-26-21)28-25(33)30(24)19-8-9-20(17(3)13-19)27-22(31)15-32-4/h5-14,16,23-24H,15H2,1-4H3,(H,27,31)(H,28,33)/t23-,24+/m0/s1. The molecule has 0 unspecified atom stereocenters. The maximum atomic E-state index is 12.0. The topological polar surface area (TPSA) is 71.4 Å². The van der Waals surface area contributed by atoms with Gasteiger partial charge < -0.3 is 24.8 Å². The Morgan fingerprint density at radius 3 is 2.73 bits per heavy atom. The second-order valence-electron chi connectivity index (χ2n) is 8.46. The summed E-state index contributed by atoms with van der Waals surface area (Å²) in [5, 5.41) is 7.02. The highest BCUT2D eigenvalue weighted by Gasteiger charge is 2.41. The lowest BCUT2D eigenvalue weighted by atomic mass is 9.98. The fraction of sp³-hybridized carbons (Fsp3) is 0.320. The van der Waals surface area contributed by atoms with Crippen LogP contribution in [0.4, 0.5) is 11.4 Å². The first-order valence-corrected chi connectivity index (χ1v) is 11.4. The van der Waals surface area contributed by atoms with Gasteiger partial charge in [0.05, 0.1) is 17.8 Å². The Morgan fingerprint density at radius 1 is 1.27 bits per heavy atom. The van der Waals surface area contributed by atoms with E-state index in [0.717, 1.165) is 28.2 Å². The van der Waals surface area contributed by atoms with Crippen LogP contribution in [0.1, 0.15) is 48.8 Å². The highest BCUT2D eigenvalue weighted by atomic mass is 32.1. The van der Waals surface area contributed by atoms with Gasteiger partial charge in [-0.15, -0.1) is 0 Å². The minimum atomic E-state index is -0.185. The predicted octanol–water partition coefficient (Wildman–Crippen LogP) is 4.53. The third kappa shape index (κ3) is 4.77. The van der Waals surface area contributed by atoms with Crippen molar-refractivity contribution in [1.82, 2.24) is 14.9 Å². The van der Waals surface area contributed by atoms with Gasteiger partial charge in [0.2, 0.25) is 5.91 Å². The van der Waals surface area contributed by atoms with E-state index >= 15 is 0 Å². The molecule has 0 spiro atoms. The third-order valence-corrected chi connectivity index (χ3v) is 6.13. The van der Waals surface area contributed by atoms with Gasteiger partial charge in [-0.2, -0.15) is 0 Å². The van der Waals surface area contributed by atoms with Gasteiger partial charge in [-0.25, -0.2) is 0 Å². The van der Waals surface area contributed by atoms with E-state index in [1.165, 1.54) is 7.11 Å². The van der Waals surface area contributed by atoms with Gasteiger partial charge in [-0.3, -0.25) is 9.78 Å². The fourth-order valence-corrected chi connectivity index (χ4v) is 4.50. The monoisotopic (exact) mass is 463 g/mol. The summed E-state index contributed by atoms with van der Waals surface area (Å²) in [5.41, 5.74) is 4.74. The van der Waals surface area contributed by atoms with Crippen molar-refractivity contribution in [3.63, 3.8) is 0 Å². The molecule has 0 aliphatic carbocycles. The molecule has 3 heterocycles. The highest BCUT2D eigenvalue weighted by molar-refractivity contribution is 7.80. The molecule has 1 aliphatic rings. The number of methoxy groups -OCH3 is 1. The Hall–Kier alpha value is -3.23. The van der Waals surface area contributed by atoms with E-state index < -0.39 is 0 Å². The van der Waals surface area contributed by atoms with Crippen LogP contribution in [0.2, 0.25) is 0 Å². The largest absolute Gasteiger partial charge is 0.375 e. The first-order chi connectivity index (χ1) is 15.9. The van der Waals surface area contributed by atoms with Crippen molar-refractivity contribution in [1.29, 1.82) is 0 Å². The summed E-state index contributed by atoms with van der Waals surface area (Å²) < 4.78 is 7.12. The molecule has 0 bridgehead atoms. The maximum absolute atomic E-state index is 12.0. The summed E-state index contributed by atoms with van der Waals surface area (Å²) in [7, 11) is 1.50. The van der Waals surface area contributed by atoms with Gasteiger partial charge >= 0.3 is 0 Å². The summed E-state index contributed by atoms with van der Waals surface area (Å²) in [6, 6.07) is 14.2. The third-order valence-electron chi connectivity index (χ3n) is 5.81. The number of nitrogens with one attached hydrogen (secondary N) is 2. The predicted molar refractivity (Wildman–Crippen MR) is 134 cm³/mol. The fourth-order valence-electron chi connectivity index (χ4n) is 4.15. The Balaban J connectivity index is 1.72. The van der Waals surface area contributed by atoms with E-state index in [4.69, 9.17) is 17.0 Å². The number of rotatable bonds is 7. The molecule has 2 atom stereocenters. The summed E-state index contributed by atoms with van der Waals surface area (Å²) in [5.74, 6) is -0.185. The second-order valence-corrected chi connectivity index (χ2v) is 8.85. The number of thiocarbonyl (C=S) groups is 1. The van der Waals surface area contributed by atoms with Gasteiger partial charge in [0.1, 0.15) is 6.61 Å². The number of nitrogens with zero attached hydrogens (tertiary/aromatic N) is 3. The molecule has 4 rings (SSSR count). The summed E-state index contributed by atoms with van der Waals surface area (Å²) in [6.45, 7) is 6.31. The molecule has 1 amide bonds. The van der Waals surface area contributed by atoms with E-state index in [1.807, 2.05) is 43.3 Å². The first-order valence-electron chi connectivity index (χ1n) is 11.0. The molecule has 1 aromatic carbocycles.